The Balaban J connectivity index is 2.42. The van der Waals surface area contributed by atoms with E-state index in [0.29, 0.717) is 12.5 Å². The molecule has 0 saturated heterocycles. The minimum atomic E-state index is -0.457. The van der Waals surface area contributed by atoms with Gasteiger partial charge in [-0.15, -0.1) is 0 Å². The molecule has 21 heavy (non-hydrogen) atoms. The summed E-state index contributed by atoms with van der Waals surface area (Å²) in [6.45, 7) is 8.57. The second-order valence-corrected chi connectivity index (χ2v) is 6.41. The van der Waals surface area contributed by atoms with Crippen LogP contribution in [0, 0.1) is 5.92 Å². The second kappa shape index (κ2) is 8.03. The lowest BCUT2D eigenvalue weighted by molar-refractivity contribution is 0.0287. The number of amides is 1. The highest BCUT2D eigenvalue weighted by Gasteiger charge is 2.22. The summed E-state index contributed by atoms with van der Waals surface area (Å²) >= 11 is 0. The molecule has 0 heterocycles. The molecular weight excluding hydrogens is 266 g/mol. The highest BCUT2D eigenvalue weighted by Crippen LogP contribution is 2.20. The van der Waals surface area contributed by atoms with Crippen LogP contribution in [0.1, 0.15) is 51.7 Å². The molecule has 2 N–H and O–H groups in total. The van der Waals surface area contributed by atoms with E-state index in [2.05, 4.69) is 19.2 Å². The van der Waals surface area contributed by atoms with Gasteiger partial charge in [-0.2, -0.15) is 0 Å². The van der Waals surface area contributed by atoms with Crippen LogP contribution in [0.2, 0.25) is 0 Å². The van der Waals surface area contributed by atoms with Crippen molar-refractivity contribution in [2.45, 2.75) is 59.3 Å². The van der Waals surface area contributed by atoms with Crippen molar-refractivity contribution in [1.29, 1.82) is 0 Å². The van der Waals surface area contributed by atoms with E-state index in [-0.39, 0.29) is 6.61 Å². The molecule has 0 saturated carbocycles. The van der Waals surface area contributed by atoms with Crippen molar-refractivity contribution in [2.24, 2.45) is 5.92 Å². The zero-order valence-electron chi connectivity index (χ0n) is 13.5. The first kappa shape index (κ1) is 17.5. The van der Waals surface area contributed by atoms with Crippen molar-refractivity contribution < 1.29 is 14.6 Å². The average Bonchev–Trinajstić information content (AvgIpc) is 2.43. The van der Waals surface area contributed by atoms with Crippen molar-refractivity contribution in [3.8, 4) is 0 Å². The van der Waals surface area contributed by atoms with Crippen LogP contribution in [0.3, 0.4) is 0 Å². The zero-order chi connectivity index (χ0) is 15.9. The zero-order valence-corrected chi connectivity index (χ0v) is 13.5. The molecule has 4 heteroatoms. The predicted molar refractivity (Wildman–Crippen MR) is 83.8 cm³/mol. The van der Waals surface area contributed by atoms with Crippen LogP contribution in [0.4, 0.5) is 4.79 Å². The van der Waals surface area contributed by atoms with Gasteiger partial charge in [0.1, 0.15) is 5.60 Å². The quantitative estimate of drug-likeness (QED) is 0.807. The SMILES string of the molecule is CC(C)CCC(C)(C)OC(=O)NCc1cccc(CO)c1. The van der Waals surface area contributed by atoms with Gasteiger partial charge in [-0.1, -0.05) is 38.1 Å². The maximum Gasteiger partial charge on any atom is 0.407 e. The van der Waals surface area contributed by atoms with E-state index in [0.717, 1.165) is 24.0 Å². The third-order valence-electron chi connectivity index (χ3n) is 3.30. The van der Waals surface area contributed by atoms with E-state index in [9.17, 15) is 4.79 Å². The number of alkyl carbamates (subject to hydrolysis) is 1. The van der Waals surface area contributed by atoms with Crippen molar-refractivity contribution in [2.75, 3.05) is 0 Å². The summed E-state index contributed by atoms with van der Waals surface area (Å²) in [7, 11) is 0. The van der Waals surface area contributed by atoms with Gasteiger partial charge in [0.05, 0.1) is 6.61 Å². The van der Waals surface area contributed by atoms with Crippen LogP contribution in [0.15, 0.2) is 24.3 Å². The van der Waals surface area contributed by atoms with Gasteiger partial charge in [0.15, 0.2) is 0 Å². The molecule has 1 aromatic carbocycles. The molecule has 0 aliphatic carbocycles. The lowest BCUT2D eigenvalue weighted by atomic mass is 9.97. The summed E-state index contributed by atoms with van der Waals surface area (Å²) in [5, 5.41) is 11.8. The molecule has 4 nitrogen and oxygen atoms in total. The predicted octanol–water partition coefficient (Wildman–Crippen LogP) is 3.62. The van der Waals surface area contributed by atoms with E-state index in [1.165, 1.54) is 0 Å². The highest BCUT2D eigenvalue weighted by atomic mass is 16.6. The monoisotopic (exact) mass is 293 g/mol. The van der Waals surface area contributed by atoms with E-state index in [1.807, 2.05) is 38.1 Å². The Kier molecular flexibility index (Phi) is 6.69. The Morgan fingerprint density at radius 3 is 2.62 bits per heavy atom. The number of aliphatic hydroxyl groups is 1. The molecule has 1 amide bonds. The molecule has 0 bridgehead atoms. The summed E-state index contributed by atoms with van der Waals surface area (Å²) in [6, 6.07) is 7.48. The van der Waals surface area contributed by atoms with Crippen molar-refractivity contribution in [3.63, 3.8) is 0 Å². The maximum atomic E-state index is 11.8. The molecule has 1 aromatic rings. The van der Waals surface area contributed by atoms with Gasteiger partial charge >= 0.3 is 6.09 Å². The van der Waals surface area contributed by atoms with E-state index >= 15 is 0 Å². The summed E-state index contributed by atoms with van der Waals surface area (Å²) in [4.78, 5) is 11.8. The lowest BCUT2D eigenvalue weighted by Crippen LogP contribution is -2.34. The third kappa shape index (κ3) is 7.14. The summed E-state index contributed by atoms with van der Waals surface area (Å²) in [6.07, 6.45) is 1.47. The molecule has 0 spiro atoms. The Bertz CT molecular complexity index is 455. The van der Waals surface area contributed by atoms with E-state index in [4.69, 9.17) is 9.84 Å². The Morgan fingerprint density at radius 1 is 1.33 bits per heavy atom. The Labute approximate surface area is 127 Å². The number of hydrogen-bond donors (Lipinski definition) is 2. The number of rotatable bonds is 7. The molecule has 0 fully saturated rings. The molecule has 0 atom stereocenters. The second-order valence-electron chi connectivity index (χ2n) is 6.41. The Hall–Kier alpha value is -1.55. The first-order valence-electron chi connectivity index (χ1n) is 7.48. The van der Waals surface area contributed by atoms with Crippen LogP contribution in [-0.4, -0.2) is 16.8 Å². The summed E-state index contributed by atoms with van der Waals surface area (Å²) < 4.78 is 5.47. The third-order valence-corrected chi connectivity index (χ3v) is 3.30. The van der Waals surface area contributed by atoms with Gasteiger partial charge in [-0.25, -0.2) is 4.79 Å². The molecule has 0 aliphatic heterocycles. The van der Waals surface area contributed by atoms with Crippen LogP contribution in [0.5, 0.6) is 0 Å². The van der Waals surface area contributed by atoms with E-state index in [1.54, 1.807) is 0 Å². The standard InChI is InChI=1S/C17H27NO3/c1-13(2)8-9-17(3,4)21-16(20)18-11-14-6-5-7-15(10-14)12-19/h5-7,10,13,19H,8-9,11-12H2,1-4H3,(H,18,20). The van der Waals surface area contributed by atoms with Gasteiger partial charge in [-0.3, -0.25) is 0 Å². The number of nitrogens with one attached hydrogen (secondary N) is 1. The number of carbonyl (C=O) groups excluding carboxylic acids is 1. The summed E-state index contributed by atoms with van der Waals surface area (Å²) in [5.74, 6) is 0.595. The number of hydrogen-bond acceptors (Lipinski definition) is 3. The highest BCUT2D eigenvalue weighted by molar-refractivity contribution is 5.67. The first-order chi connectivity index (χ1) is 9.82. The van der Waals surface area contributed by atoms with Crippen LogP contribution in [-0.2, 0) is 17.9 Å². The van der Waals surface area contributed by atoms with Gasteiger partial charge in [0.2, 0.25) is 0 Å². The number of carbonyl (C=O) groups is 1. The molecule has 1 rings (SSSR count). The molecule has 0 aliphatic rings. The molecule has 0 radical (unpaired) electrons. The molecule has 0 unspecified atom stereocenters. The van der Waals surface area contributed by atoms with Gasteiger partial charge in [-0.05, 0) is 43.7 Å². The normalized spacial score (nSPS) is 11.5. The minimum Gasteiger partial charge on any atom is -0.444 e. The summed E-state index contributed by atoms with van der Waals surface area (Å²) in [5.41, 5.74) is 1.32. The van der Waals surface area contributed by atoms with Crippen molar-refractivity contribution in [1.82, 2.24) is 5.32 Å². The molecular formula is C17H27NO3. The fourth-order valence-corrected chi connectivity index (χ4v) is 1.99. The van der Waals surface area contributed by atoms with Gasteiger partial charge in [0, 0.05) is 6.54 Å². The maximum absolute atomic E-state index is 11.8. The van der Waals surface area contributed by atoms with Crippen molar-refractivity contribution >= 4 is 6.09 Å². The minimum absolute atomic E-state index is 0.000516. The number of ether oxygens (including phenoxy) is 1. The van der Waals surface area contributed by atoms with E-state index < -0.39 is 11.7 Å². The fraction of sp³-hybridized carbons (Fsp3) is 0.588. The van der Waals surface area contributed by atoms with Gasteiger partial charge in [0.25, 0.3) is 0 Å². The molecule has 118 valence electrons. The fourth-order valence-electron chi connectivity index (χ4n) is 1.99. The molecule has 0 aromatic heterocycles. The lowest BCUT2D eigenvalue weighted by Gasteiger charge is -2.26. The average molecular weight is 293 g/mol. The Morgan fingerprint density at radius 2 is 2.00 bits per heavy atom. The largest absolute Gasteiger partial charge is 0.444 e. The number of aliphatic hydroxyl groups excluding tert-OH is 1. The first-order valence-corrected chi connectivity index (χ1v) is 7.48. The van der Waals surface area contributed by atoms with Crippen LogP contribution >= 0.6 is 0 Å². The van der Waals surface area contributed by atoms with Crippen LogP contribution < -0.4 is 5.32 Å². The topological polar surface area (TPSA) is 58.6 Å². The van der Waals surface area contributed by atoms with Crippen molar-refractivity contribution in [3.05, 3.63) is 35.4 Å². The number of benzene rings is 1. The van der Waals surface area contributed by atoms with Crippen LogP contribution in [0.25, 0.3) is 0 Å². The van der Waals surface area contributed by atoms with Gasteiger partial charge < -0.3 is 15.2 Å². The smallest absolute Gasteiger partial charge is 0.407 e.